The Balaban J connectivity index is -0.00000000214. The summed E-state index contributed by atoms with van der Waals surface area (Å²) in [6.07, 6.45) is 0. The fourth-order valence-electron chi connectivity index (χ4n) is 0. The fourth-order valence-corrected chi connectivity index (χ4v) is 0. The standard InChI is InChI=1S/Ba.3O.Pb.Sr.Ti.4H/q+2;;2*-1;2*+2;;4*-1. The van der Waals surface area contributed by atoms with Crippen molar-refractivity contribution in [3.8, 4) is 0 Å². The number of hydrogen-bond donors (Lipinski definition) is 0. The molecule has 0 spiro atoms. The molecule has 0 aromatic rings. The van der Waals surface area contributed by atoms with Crippen LogP contribution in [0.15, 0.2) is 0 Å². The molecule has 2 radical (unpaired) electrons. The van der Waals surface area contributed by atoms with Crippen LogP contribution in [0.2, 0.25) is 0 Å². The summed E-state index contributed by atoms with van der Waals surface area (Å²) in [6, 6.07) is 0. The predicted molar refractivity (Wildman–Crippen MR) is 22.4 cm³/mol. The van der Waals surface area contributed by atoms with Crippen LogP contribution in [0.3, 0.4) is 0 Å². The summed E-state index contributed by atoms with van der Waals surface area (Å²) in [6.45, 7) is 0. The summed E-state index contributed by atoms with van der Waals surface area (Å²) < 4.78 is 25.8. The Kier molecular flexibility index (Phi) is 54.0. The van der Waals surface area contributed by atoms with Crippen molar-refractivity contribution in [2.75, 3.05) is 0 Å². The summed E-state index contributed by atoms with van der Waals surface area (Å²) >= 11 is -4.08. The van der Waals surface area contributed by atoms with Gasteiger partial charge in [-0.1, -0.05) is 0 Å². The SMILES string of the molecule is [Ba+2].[H-].[H-].[H-].[H-].[O]=[Ti]([O-])[O-].[Pb+2].[Sr+2]. The van der Waals surface area contributed by atoms with Gasteiger partial charge in [0.05, 0.1) is 0 Å². The van der Waals surface area contributed by atoms with Gasteiger partial charge in [-0.05, 0) is 0 Å². The minimum atomic E-state index is -4.08. The van der Waals surface area contributed by atoms with Crippen LogP contribution in [0.1, 0.15) is 5.71 Å². The van der Waals surface area contributed by atoms with E-state index in [0.717, 1.165) is 0 Å². The molecule has 0 rings (SSSR count). The van der Waals surface area contributed by atoms with Gasteiger partial charge >= 0.3 is 151 Å². The second-order valence-corrected chi connectivity index (χ2v) is 1.03. The van der Waals surface area contributed by atoms with Crippen molar-refractivity contribution in [1.29, 1.82) is 0 Å². The third kappa shape index (κ3) is 37.9. The van der Waals surface area contributed by atoms with E-state index in [2.05, 4.69) is 0 Å². The van der Waals surface area contributed by atoms with Gasteiger partial charge in [-0.25, -0.2) is 0 Å². The monoisotopic (exact) mass is 534 g/mol. The van der Waals surface area contributed by atoms with E-state index in [0.29, 0.717) is 0 Å². The van der Waals surface area contributed by atoms with Crippen molar-refractivity contribution in [1.82, 2.24) is 0 Å². The second-order valence-electron chi connectivity index (χ2n) is 0.250. The zero-order chi connectivity index (χ0) is 3.58. The minimum Gasteiger partial charge on any atom is 2.00 e. The predicted octanol–water partition coefficient (Wildman–Crippen LogP) is -3.19. The molecule has 7 heteroatoms. The van der Waals surface area contributed by atoms with E-state index in [1.165, 1.54) is 0 Å². The van der Waals surface area contributed by atoms with Crippen LogP contribution in [0.4, 0.5) is 0 Å². The molecule has 0 heterocycles. The van der Waals surface area contributed by atoms with Crippen LogP contribution >= 0.6 is 0 Å². The molecule has 0 saturated heterocycles. The third-order valence-corrected chi connectivity index (χ3v) is 0. The van der Waals surface area contributed by atoms with E-state index in [-0.39, 0.29) is 127 Å². The average Bonchev–Trinajstić information content (AvgIpc) is 0.811. The first kappa shape index (κ1) is 22.5. The van der Waals surface area contributed by atoms with E-state index in [1.54, 1.807) is 0 Å². The van der Waals surface area contributed by atoms with Gasteiger partial charge in [0.2, 0.25) is 0 Å². The zero-order valence-corrected chi connectivity index (χ0v) is 17.0. The Morgan fingerprint density at radius 1 is 1.43 bits per heavy atom. The Hall–Kier alpha value is 4.41. The van der Waals surface area contributed by atoms with E-state index in [1.807, 2.05) is 0 Å². The Labute approximate surface area is 152 Å². The van der Waals surface area contributed by atoms with E-state index >= 15 is 0 Å². The summed E-state index contributed by atoms with van der Waals surface area (Å²) in [5.41, 5.74) is 0. The first-order valence-electron chi connectivity index (χ1n) is 0.612. The topological polar surface area (TPSA) is 63.2 Å². The first-order chi connectivity index (χ1) is 1.73. The smallest absolute Gasteiger partial charge is 2.00 e. The van der Waals surface area contributed by atoms with Crippen molar-refractivity contribution in [2.24, 2.45) is 0 Å². The molecule has 0 bridgehead atoms. The van der Waals surface area contributed by atoms with Crippen molar-refractivity contribution in [2.45, 2.75) is 0 Å². The molecule has 0 aliphatic heterocycles. The fraction of sp³-hybridized carbons (Fsp3) is 0. The van der Waals surface area contributed by atoms with Gasteiger partial charge in [-0.3, -0.25) is 0 Å². The van der Waals surface area contributed by atoms with Gasteiger partial charge in [0, 0.05) is 0 Å². The summed E-state index contributed by atoms with van der Waals surface area (Å²) in [4.78, 5) is 0. The van der Waals surface area contributed by atoms with Crippen LogP contribution in [-0.4, -0.2) is 122 Å². The zero-order valence-electron chi connectivity index (χ0n) is 7.64. The van der Waals surface area contributed by atoms with Crippen LogP contribution in [0.25, 0.3) is 0 Å². The Bertz CT molecular complexity index is 48.3. The maximum absolute atomic E-state index is 8.58. The molecular formula is H4BaO3PbSrTi. The quantitative estimate of drug-likeness (QED) is 0.310. The van der Waals surface area contributed by atoms with Gasteiger partial charge in [0.25, 0.3) is 0 Å². The van der Waals surface area contributed by atoms with Crippen LogP contribution in [0.5, 0.6) is 0 Å². The Morgan fingerprint density at radius 2 is 1.43 bits per heavy atom. The molecule has 0 aromatic heterocycles. The molecule has 0 saturated carbocycles. The van der Waals surface area contributed by atoms with Crippen molar-refractivity contribution in [3.05, 3.63) is 0 Å². The van der Waals surface area contributed by atoms with Gasteiger partial charge < -0.3 is 5.71 Å². The molecule has 0 aromatic carbocycles. The van der Waals surface area contributed by atoms with Gasteiger partial charge in [0.1, 0.15) is 0 Å². The molecule has 0 fully saturated rings. The molecule has 34 valence electrons. The summed E-state index contributed by atoms with van der Waals surface area (Å²) in [5.74, 6) is 0. The molecule has 7 heavy (non-hydrogen) atoms. The van der Waals surface area contributed by atoms with E-state index < -0.39 is 18.6 Å². The molecular weight excluding hydrogens is 528 g/mol. The minimum absolute atomic E-state index is 0. The summed E-state index contributed by atoms with van der Waals surface area (Å²) in [5, 5.41) is 0. The van der Waals surface area contributed by atoms with Crippen molar-refractivity contribution >= 4 is 122 Å². The largest absolute Gasteiger partial charge is 2.00 e. The molecule has 0 amide bonds. The summed E-state index contributed by atoms with van der Waals surface area (Å²) in [7, 11) is 0. The van der Waals surface area contributed by atoms with Crippen molar-refractivity contribution < 1.29 is 35.0 Å². The van der Waals surface area contributed by atoms with Gasteiger partial charge in [-0.2, -0.15) is 0 Å². The molecule has 0 aliphatic rings. The first-order valence-corrected chi connectivity index (χ1v) is 2.52. The van der Waals surface area contributed by atoms with Gasteiger partial charge in [0.15, 0.2) is 0 Å². The van der Waals surface area contributed by atoms with Crippen molar-refractivity contribution in [3.63, 3.8) is 0 Å². The molecule has 0 N–H and O–H groups in total. The second kappa shape index (κ2) is 16.8. The Morgan fingerprint density at radius 3 is 1.43 bits per heavy atom. The van der Waals surface area contributed by atoms with Gasteiger partial charge in [-0.15, -0.1) is 0 Å². The van der Waals surface area contributed by atoms with E-state index in [4.69, 9.17) is 10.7 Å². The van der Waals surface area contributed by atoms with E-state index in [9.17, 15) is 0 Å². The maximum atomic E-state index is 8.58. The van der Waals surface area contributed by atoms with Crippen LogP contribution in [-0.2, 0) is 21.9 Å². The average molecular weight is 532 g/mol. The third-order valence-electron chi connectivity index (χ3n) is 0. The molecule has 0 unspecified atom stereocenters. The molecule has 0 aliphatic carbocycles. The number of hydrogen-bond acceptors (Lipinski definition) is 3. The molecule has 3 nitrogen and oxygen atoms in total. The maximum Gasteiger partial charge on any atom is 2.00 e. The van der Waals surface area contributed by atoms with Crippen LogP contribution < -0.4 is 7.38 Å². The number of rotatable bonds is 0. The molecule has 0 atom stereocenters. The van der Waals surface area contributed by atoms with Crippen LogP contribution in [0, 0.1) is 0 Å². The normalized spacial score (nSPS) is 3.71.